The third kappa shape index (κ3) is 2.54. The maximum Gasteiger partial charge on any atom is 0.406 e. The number of para-hydroxylation sites is 2. The maximum absolute atomic E-state index is 12.8. The first-order valence-corrected chi connectivity index (χ1v) is 6.18. The third-order valence-electron chi connectivity index (χ3n) is 3.04. The summed E-state index contributed by atoms with van der Waals surface area (Å²) < 4.78 is 39.6. The predicted molar refractivity (Wildman–Crippen MR) is 73.4 cm³/mol. The quantitative estimate of drug-likeness (QED) is 0.789. The minimum atomic E-state index is -4.36. The monoisotopic (exact) mass is 292 g/mol. The summed E-state index contributed by atoms with van der Waals surface area (Å²) in [5, 5.41) is 0. The summed E-state index contributed by atoms with van der Waals surface area (Å²) in [6.07, 6.45) is -2.88. The van der Waals surface area contributed by atoms with Crippen molar-refractivity contribution in [3.05, 3.63) is 42.6 Å². The highest BCUT2D eigenvalue weighted by atomic mass is 19.4. The van der Waals surface area contributed by atoms with E-state index in [1.165, 1.54) is 6.20 Å². The first-order chi connectivity index (χ1) is 9.96. The van der Waals surface area contributed by atoms with Crippen LogP contribution in [0.1, 0.15) is 0 Å². The number of imidazole rings is 1. The summed E-state index contributed by atoms with van der Waals surface area (Å²) in [6, 6.07) is 9.85. The smallest absolute Gasteiger partial charge is 0.397 e. The van der Waals surface area contributed by atoms with Gasteiger partial charge >= 0.3 is 6.18 Å². The van der Waals surface area contributed by atoms with Crippen molar-refractivity contribution in [2.45, 2.75) is 12.7 Å². The van der Waals surface area contributed by atoms with E-state index >= 15 is 0 Å². The minimum absolute atomic E-state index is 0.117. The van der Waals surface area contributed by atoms with Gasteiger partial charge in [-0.2, -0.15) is 13.2 Å². The van der Waals surface area contributed by atoms with Gasteiger partial charge in [-0.1, -0.05) is 12.1 Å². The van der Waals surface area contributed by atoms with Gasteiger partial charge in [0.25, 0.3) is 0 Å². The number of aromatic nitrogens is 3. The molecule has 0 radical (unpaired) electrons. The van der Waals surface area contributed by atoms with Gasteiger partial charge in [0, 0.05) is 6.20 Å². The molecule has 0 aliphatic rings. The molecule has 108 valence electrons. The fourth-order valence-corrected chi connectivity index (χ4v) is 2.20. The lowest BCUT2D eigenvalue weighted by Crippen LogP contribution is -2.18. The number of hydrogen-bond donors (Lipinski definition) is 1. The van der Waals surface area contributed by atoms with Crippen LogP contribution in [-0.4, -0.2) is 20.7 Å². The highest BCUT2D eigenvalue weighted by Gasteiger charge is 2.31. The predicted octanol–water partition coefficient (Wildman–Crippen LogP) is 3.24. The summed E-state index contributed by atoms with van der Waals surface area (Å²) >= 11 is 0. The molecule has 0 spiro atoms. The molecular weight excluding hydrogens is 281 g/mol. The third-order valence-corrected chi connectivity index (χ3v) is 3.04. The molecule has 0 bridgehead atoms. The molecule has 0 amide bonds. The lowest BCUT2D eigenvalue weighted by atomic mass is 10.3. The van der Waals surface area contributed by atoms with Crippen LogP contribution in [0.15, 0.2) is 42.6 Å². The van der Waals surface area contributed by atoms with Crippen molar-refractivity contribution in [3.8, 4) is 11.5 Å². The van der Waals surface area contributed by atoms with E-state index in [4.69, 9.17) is 5.73 Å². The average Bonchev–Trinajstić information content (AvgIpc) is 2.76. The molecular formula is C14H11F3N4. The van der Waals surface area contributed by atoms with Crippen molar-refractivity contribution in [1.29, 1.82) is 0 Å². The van der Waals surface area contributed by atoms with Crippen LogP contribution in [-0.2, 0) is 6.54 Å². The molecule has 3 rings (SSSR count). The fourth-order valence-electron chi connectivity index (χ4n) is 2.20. The molecule has 2 N–H and O–H groups in total. The van der Waals surface area contributed by atoms with E-state index < -0.39 is 12.7 Å². The number of benzene rings is 1. The van der Waals surface area contributed by atoms with Crippen molar-refractivity contribution in [2.24, 2.45) is 0 Å². The van der Waals surface area contributed by atoms with E-state index in [0.29, 0.717) is 11.0 Å². The molecule has 7 heteroatoms. The van der Waals surface area contributed by atoms with Crippen LogP contribution in [0.2, 0.25) is 0 Å². The number of alkyl halides is 3. The van der Waals surface area contributed by atoms with Crippen LogP contribution in [0.25, 0.3) is 22.6 Å². The first-order valence-electron chi connectivity index (χ1n) is 6.18. The number of nitrogens with two attached hydrogens (primary N) is 1. The van der Waals surface area contributed by atoms with E-state index in [1.54, 1.807) is 36.4 Å². The molecule has 0 saturated carbocycles. The number of hydrogen-bond acceptors (Lipinski definition) is 3. The number of halogens is 3. The Labute approximate surface area is 118 Å². The number of nitrogens with zero attached hydrogens (tertiary/aromatic N) is 3. The Morgan fingerprint density at radius 3 is 2.57 bits per heavy atom. The van der Waals surface area contributed by atoms with Crippen molar-refractivity contribution >= 4 is 16.7 Å². The number of pyridine rings is 1. The molecule has 3 aromatic rings. The van der Waals surface area contributed by atoms with Gasteiger partial charge in [-0.05, 0) is 24.3 Å². The Kier molecular flexibility index (Phi) is 3.04. The summed E-state index contributed by atoms with van der Waals surface area (Å²) in [6.45, 7) is -1.14. The van der Waals surface area contributed by atoms with E-state index in [1.807, 2.05) is 0 Å². The highest BCUT2D eigenvalue weighted by Crippen LogP contribution is 2.30. The van der Waals surface area contributed by atoms with Crippen LogP contribution in [0.4, 0.5) is 18.9 Å². The molecule has 21 heavy (non-hydrogen) atoms. The minimum Gasteiger partial charge on any atom is -0.397 e. The molecule has 0 unspecified atom stereocenters. The number of anilines is 1. The second-order valence-corrected chi connectivity index (χ2v) is 4.57. The number of nitrogen functional groups attached to an aromatic ring is 1. The van der Waals surface area contributed by atoms with Crippen molar-refractivity contribution in [3.63, 3.8) is 0 Å². The molecule has 4 nitrogen and oxygen atoms in total. The van der Waals surface area contributed by atoms with Gasteiger partial charge < -0.3 is 10.3 Å². The summed E-state index contributed by atoms with van der Waals surface area (Å²) in [7, 11) is 0. The maximum atomic E-state index is 12.8. The number of fused-ring (bicyclic) bond motifs is 1. The molecule has 0 aliphatic carbocycles. The van der Waals surface area contributed by atoms with E-state index in [-0.39, 0.29) is 17.2 Å². The van der Waals surface area contributed by atoms with Crippen molar-refractivity contribution in [1.82, 2.24) is 14.5 Å². The van der Waals surface area contributed by atoms with Crippen LogP contribution < -0.4 is 5.73 Å². The Balaban J connectivity index is 2.27. The standard InChI is InChI=1S/C14H11F3N4/c15-14(16,17)8-21-11-6-2-1-5-10(11)20-13(21)12-9(18)4-3-7-19-12/h1-7H,8,18H2. The van der Waals surface area contributed by atoms with E-state index in [9.17, 15) is 13.2 Å². The Morgan fingerprint density at radius 1 is 1.10 bits per heavy atom. The van der Waals surface area contributed by atoms with E-state index in [2.05, 4.69) is 9.97 Å². The van der Waals surface area contributed by atoms with Gasteiger partial charge in [-0.3, -0.25) is 4.98 Å². The van der Waals surface area contributed by atoms with Gasteiger partial charge in [0.05, 0.1) is 16.7 Å². The molecule has 2 aromatic heterocycles. The summed E-state index contributed by atoms with van der Waals surface area (Å²) in [5.41, 5.74) is 7.22. The van der Waals surface area contributed by atoms with Gasteiger partial charge in [-0.25, -0.2) is 4.98 Å². The van der Waals surface area contributed by atoms with Crippen LogP contribution in [0.3, 0.4) is 0 Å². The Morgan fingerprint density at radius 2 is 1.86 bits per heavy atom. The van der Waals surface area contributed by atoms with Crippen molar-refractivity contribution in [2.75, 3.05) is 5.73 Å². The fraction of sp³-hybridized carbons (Fsp3) is 0.143. The highest BCUT2D eigenvalue weighted by molar-refractivity contribution is 5.82. The normalized spacial score (nSPS) is 12.0. The molecule has 1 aromatic carbocycles. The topological polar surface area (TPSA) is 56.7 Å². The van der Waals surface area contributed by atoms with Gasteiger partial charge in [0.1, 0.15) is 12.2 Å². The Hall–Kier alpha value is -2.57. The average molecular weight is 292 g/mol. The van der Waals surface area contributed by atoms with Crippen LogP contribution >= 0.6 is 0 Å². The Bertz CT molecular complexity index is 792. The lowest BCUT2D eigenvalue weighted by molar-refractivity contribution is -0.139. The largest absolute Gasteiger partial charge is 0.406 e. The van der Waals surface area contributed by atoms with Gasteiger partial charge in [-0.15, -0.1) is 0 Å². The van der Waals surface area contributed by atoms with Crippen LogP contribution in [0.5, 0.6) is 0 Å². The summed E-state index contributed by atoms with van der Waals surface area (Å²) in [4.78, 5) is 8.31. The van der Waals surface area contributed by atoms with Crippen LogP contribution in [0, 0.1) is 0 Å². The van der Waals surface area contributed by atoms with E-state index in [0.717, 1.165) is 4.57 Å². The van der Waals surface area contributed by atoms with Crippen molar-refractivity contribution < 1.29 is 13.2 Å². The molecule has 0 saturated heterocycles. The zero-order chi connectivity index (χ0) is 15.0. The molecule has 0 atom stereocenters. The second kappa shape index (κ2) is 4.76. The summed E-state index contributed by atoms with van der Waals surface area (Å²) in [5.74, 6) is 0.117. The first kappa shape index (κ1) is 13.4. The zero-order valence-corrected chi connectivity index (χ0v) is 10.8. The molecule has 0 aliphatic heterocycles. The van der Waals surface area contributed by atoms with Gasteiger partial charge in [0.2, 0.25) is 0 Å². The number of rotatable bonds is 2. The second-order valence-electron chi connectivity index (χ2n) is 4.57. The van der Waals surface area contributed by atoms with Gasteiger partial charge in [0.15, 0.2) is 5.82 Å². The lowest BCUT2D eigenvalue weighted by Gasteiger charge is -2.12. The zero-order valence-electron chi connectivity index (χ0n) is 10.8. The SMILES string of the molecule is Nc1cccnc1-c1nc2ccccc2n1CC(F)(F)F. The molecule has 2 heterocycles. The molecule has 0 fully saturated rings.